The number of rotatable bonds is 10. The highest BCUT2D eigenvalue weighted by Crippen LogP contribution is 2.43. The molecule has 4 heteroatoms. The predicted molar refractivity (Wildman–Crippen MR) is 153 cm³/mol. The summed E-state index contributed by atoms with van der Waals surface area (Å²) in [4.78, 5) is 13.9. The van der Waals surface area contributed by atoms with Gasteiger partial charge in [-0.1, -0.05) is 65.3 Å². The Balaban J connectivity index is 1.51. The van der Waals surface area contributed by atoms with Crippen molar-refractivity contribution in [2.45, 2.75) is 105 Å². The second-order valence-corrected chi connectivity index (χ2v) is 12.8. The van der Waals surface area contributed by atoms with E-state index in [9.17, 15) is 9.90 Å². The molecule has 1 saturated carbocycles. The lowest BCUT2D eigenvalue weighted by Crippen LogP contribution is -2.36. The fourth-order valence-electron chi connectivity index (χ4n) is 6.61. The van der Waals surface area contributed by atoms with Gasteiger partial charge in [0.2, 0.25) is 0 Å². The van der Waals surface area contributed by atoms with Crippen molar-refractivity contribution in [2.75, 3.05) is 13.1 Å². The molecule has 0 unspecified atom stereocenters. The van der Waals surface area contributed by atoms with Crippen LogP contribution in [0.2, 0.25) is 0 Å². The van der Waals surface area contributed by atoms with E-state index in [1.54, 1.807) is 0 Å². The third-order valence-corrected chi connectivity index (χ3v) is 9.34. The van der Waals surface area contributed by atoms with Crippen molar-refractivity contribution in [1.82, 2.24) is 4.90 Å². The van der Waals surface area contributed by atoms with Crippen LogP contribution in [0.4, 0.5) is 0 Å². The summed E-state index contributed by atoms with van der Waals surface area (Å²) in [5, 5.41) is 12.0. The average Bonchev–Trinajstić information content (AvgIpc) is 2.89. The minimum atomic E-state index is -0.649. The molecule has 4 nitrogen and oxygen atoms in total. The number of likely N-dealkylation sites (tertiary alicyclic amines) is 1. The van der Waals surface area contributed by atoms with E-state index in [-0.39, 0.29) is 12.0 Å². The Morgan fingerprint density at radius 2 is 1.70 bits per heavy atom. The highest BCUT2D eigenvalue weighted by Gasteiger charge is 2.34. The van der Waals surface area contributed by atoms with Crippen LogP contribution in [0, 0.1) is 23.2 Å². The van der Waals surface area contributed by atoms with Gasteiger partial charge in [-0.3, -0.25) is 9.69 Å². The maximum Gasteiger partial charge on any atom is 0.306 e. The zero-order valence-electron chi connectivity index (χ0n) is 23.9. The summed E-state index contributed by atoms with van der Waals surface area (Å²) in [6, 6.07) is 11.1. The summed E-state index contributed by atoms with van der Waals surface area (Å²) in [5.41, 5.74) is 3.03. The van der Waals surface area contributed by atoms with Crippen LogP contribution in [0.3, 0.4) is 0 Å². The molecule has 2 aromatic rings. The Bertz CT molecular complexity index is 1040. The van der Waals surface area contributed by atoms with Gasteiger partial charge >= 0.3 is 5.97 Å². The predicted octanol–water partition coefficient (Wildman–Crippen LogP) is 8.10. The fourth-order valence-corrected chi connectivity index (χ4v) is 6.61. The number of ether oxygens (including phenoxy) is 1. The smallest absolute Gasteiger partial charge is 0.306 e. The highest BCUT2D eigenvalue weighted by atomic mass is 16.5. The highest BCUT2D eigenvalue weighted by molar-refractivity contribution is 5.90. The van der Waals surface area contributed by atoms with Crippen LogP contribution < -0.4 is 4.74 Å². The number of hydrogen-bond donors (Lipinski definition) is 1. The minimum absolute atomic E-state index is 0.203. The zero-order valence-corrected chi connectivity index (χ0v) is 23.9. The fraction of sp³-hybridized carbons (Fsp3) is 0.667. The molecule has 1 aliphatic carbocycles. The summed E-state index contributed by atoms with van der Waals surface area (Å²) in [5.74, 6) is 1.76. The van der Waals surface area contributed by atoms with Gasteiger partial charge in [0.05, 0.1) is 12.0 Å². The number of fused-ring (bicyclic) bond motifs is 1. The lowest BCUT2D eigenvalue weighted by molar-refractivity contribution is -0.143. The van der Waals surface area contributed by atoms with Crippen molar-refractivity contribution in [3.63, 3.8) is 0 Å². The quantitative estimate of drug-likeness (QED) is 0.353. The van der Waals surface area contributed by atoms with Crippen LogP contribution in [0.15, 0.2) is 30.3 Å². The van der Waals surface area contributed by atoms with E-state index >= 15 is 0 Å². The van der Waals surface area contributed by atoms with Gasteiger partial charge in [-0.25, -0.2) is 0 Å². The summed E-state index contributed by atoms with van der Waals surface area (Å²) < 4.78 is 6.88. The van der Waals surface area contributed by atoms with E-state index in [1.807, 2.05) is 0 Å². The number of benzene rings is 2. The summed E-state index contributed by atoms with van der Waals surface area (Å²) in [6.07, 6.45) is 10.1. The van der Waals surface area contributed by atoms with E-state index in [1.165, 1.54) is 47.6 Å². The van der Waals surface area contributed by atoms with Crippen LogP contribution in [0.25, 0.3) is 10.8 Å². The number of carboxylic acid groups (broad SMARTS) is 1. The van der Waals surface area contributed by atoms with Gasteiger partial charge in [0.1, 0.15) is 5.75 Å². The lowest BCUT2D eigenvalue weighted by Gasteiger charge is -2.40. The maximum absolute atomic E-state index is 11.5. The van der Waals surface area contributed by atoms with Crippen LogP contribution in [0.5, 0.6) is 5.75 Å². The zero-order chi connectivity index (χ0) is 26.6. The Morgan fingerprint density at radius 3 is 2.30 bits per heavy atom. The Labute approximate surface area is 224 Å². The molecule has 1 N–H and O–H groups in total. The van der Waals surface area contributed by atoms with Gasteiger partial charge in [0, 0.05) is 12.1 Å². The molecule has 0 amide bonds. The molecule has 0 aromatic heterocycles. The standard InChI is InChI=1S/C33H49NO3/c1-6-24-21-31(37-27-13-11-26(12-14-27)33(4,5)18-15-23(2)3)30(29-10-8-7-9-28(24)29)22-34-19-16-25(17-20-34)32(35)36/h7-10,21,23,25-27H,6,11-20,22H2,1-5H3,(H,35,36). The first kappa shape index (κ1) is 28.0. The first-order valence-corrected chi connectivity index (χ1v) is 14.8. The first-order chi connectivity index (χ1) is 17.7. The van der Waals surface area contributed by atoms with E-state index in [2.05, 4.69) is 69.9 Å². The van der Waals surface area contributed by atoms with Crippen LogP contribution in [-0.4, -0.2) is 35.2 Å². The van der Waals surface area contributed by atoms with Crippen molar-refractivity contribution < 1.29 is 14.6 Å². The second kappa shape index (κ2) is 12.2. The molecule has 1 saturated heterocycles. The van der Waals surface area contributed by atoms with Crippen LogP contribution in [-0.2, 0) is 17.8 Å². The molecule has 0 spiro atoms. The number of carbonyl (C=O) groups is 1. The van der Waals surface area contributed by atoms with E-state index < -0.39 is 5.97 Å². The van der Waals surface area contributed by atoms with Gasteiger partial charge in [-0.15, -0.1) is 0 Å². The van der Waals surface area contributed by atoms with Crippen molar-refractivity contribution >= 4 is 16.7 Å². The Hall–Kier alpha value is -2.07. The summed E-state index contributed by atoms with van der Waals surface area (Å²) in [6.45, 7) is 14.3. The van der Waals surface area contributed by atoms with Gasteiger partial charge in [-0.2, -0.15) is 0 Å². The Kier molecular flexibility index (Phi) is 9.21. The molecule has 2 fully saturated rings. The SMILES string of the molecule is CCc1cc(OC2CCC(C(C)(C)CCC(C)C)CC2)c(CN2CCC(C(=O)O)CC2)c2ccccc12. The van der Waals surface area contributed by atoms with Gasteiger partial charge < -0.3 is 9.84 Å². The summed E-state index contributed by atoms with van der Waals surface area (Å²) in [7, 11) is 0. The van der Waals surface area contributed by atoms with Crippen molar-refractivity contribution in [3.05, 3.63) is 41.5 Å². The largest absolute Gasteiger partial charge is 0.490 e. The number of aliphatic carboxylic acids is 1. The number of carboxylic acids is 1. The van der Waals surface area contributed by atoms with Gasteiger partial charge in [-0.05, 0) is 104 Å². The van der Waals surface area contributed by atoms with Crippen LogP contribution >= 0.6 is 0 Å². The average molecular weight is 508 g/mol. The monoisotopic (exact) mass is 507 g/mol. The molecular formula is C33H49NO3. The molecule has 0 radical (unpaired) electrons. The molecular weight excluding hydrogens is 458 g/mol. The second-order valence-electron chi connectivity index (χ2n) is 12.8. The lowest BCUT2D eigenvalue weighted by atomic mass is 9.68. The molecule has 4 rings (SSSR count). The molecule has 2 aromatic carbocycles. The maximum atomic E-state index is 11.5. The number of aryl methyl sites for hydroxylation is 1. The molecule has 37 heavy (non-hydrogen) atoms. The topological polar surface area (TPSA) is 49.8 Å². The van der Waals surface area contributed by atoms with E-state index in [0.29, 0.717) is 5.41 Å². The number of nitrogens with zero attached hydrogens (tertiary/aromatic N) is 1. The minimum Gasteiger partial charge on any atom is -0.490 e. The summed E-state index contributed by atoms with van der Waals surface area (Å²) >= 11 is 0. The molecule has 2 aliphatic rings. The molecule has 1 aliphatic heterocycles. The van der Waals surface area contributed by atoms with Crippen molar-refractivity contribution in [3.8, 4) is 5.75 Å². The van der Waals surface area contributed by atoms with E-state index in [0.717, 1.165) is 69.3 Å². The van der Waals surface area contributed by atoms with Gasteiger partial charge in [0.15, 0.2) is 0 Å². The normalized spacial score (nSPS) is 22.0. The molecule has 0 bridgehead atoms. The van der Waals surface area contributed by atoms with Crippen molar-refractivity contribution in [1.29, 1.82) is 0 Å². The third kappa shape index (κ3) is 6.88. The molecule has 204 valence electrons. The number of piperidine rings is 1. The first-order valence-electron chi connectivity index (χ1n) is 14.8. The number of hydrogen-bond acceptors (Lipinski definition) is 3. The molecule has 0 atom stereocenters. The third-order valence-electron chi connectivity index (χ3n) is 9.34. The van der Waals surface area contributed by atoms with Crippen molar-refractivity contribution in [2.24, 2.45) is 23.2 Å². The van der Waals surface area contributed by atoms with E-state index in [4.69, 9.17) is 4.74 Å². The van der Waals surface area contributed by atoms with Crippen LogP contribution in [0.1, 0.15) is 97.1 Å². The van der Waals surface area contributed by atoms with Gasteiger partial charge in [0.25, 0.3) is 0 Å². The Morgan fingerprint density at radius 1 is 1.05 bits per heavy atom. The molecule has 1 heterocycles.